The molecule has 0 aliphatic rings. The van der Waals surface area contributed by atoms with Crippen molar-refractivity contribution in [1.82, 2.24) is 0 Å². The summed E-state index contributed by atoms with van der Waals surface area (Å²) >= 11 is 0. The lowest BCUT2D eigenvalue weighted by molar-refractivity contribution is 0.283. The van der Waals surface area contributed by atoms with Crippen molar-refractivity contribution in [2.45, 2.75) is 85.0 Å². The van der Waals surface area contributed by atoms with E-state index in [4.69, 9.17) is 0 Å². The highest BCUT2D eigenvalue weighted by Crippen LogP contribution is 2.47. The fraction of sp³-hybridized carbons (Fsp3) is 0.438. The zero-order chi connectivity index (χ0) is 24.7. The maximum Gasteiger partial charge on any atom is 0.123 e. The van der Waals surface area contributed by atoms with Gasteiger partial charge in [-0.2, -0.15) is 0 Å². The minimum Gasteiger partial charge on any atom is -0.507 e. The molecule has 0 aromatic heterocycles. The van der Waals surface area contributed by atoms with E-state index in [-0.39, 0.29) is 21.7 Å². The normalized spacial score (nSPS) is 13.2. The third kappa shape index (κ3) is 5.18. The van der Waals surface area contributed by atoms with Gasteiger partial charge in [0.1, 0.15) is 5.75 Å². The van der Waals surface area contributed by atoms with Gasteiger partial charge in [0.15, 0.2) is 0 Å². The van der Waals surface area contributed by atoms with Crippen molar-refractivity contribution in [3.63, 3.8) is 0 Å². The number of aromatic hydroxyl groups is 1. The molecular weight excluding hydrogens is 400 g/mol. The van der Waals surface area contributed by atoms with Gasteiger partial charge in [-0.15, -0.1) is 0 Å². The van der Waals surface area contributed by atoms with E-state index in [0.29, 0.717) is 5.75 Å². The zero-order valence-corrected chi connectivity index (χ0v) is 22.1. The van der Waals surface area contributed by atoms with Gasteiger partial charge in [0.2, 0.25) is 0 Å². The topological polar surface area (TPSA) is 20.2 Å². The van der Waals surface area contributed by atoms with E-state index in [1.807, 2.05) is 12.1 Å². The van der Waals surface area contributed by atoms with Gasteiger partial charge in [-0.3, -0.25) is 0 Å². The third-order valence-corrected chi connectivity index (χ3v) is 7.20. The van der Waals surface area contributed by atoms with Crippen LogP contribution in [-0.2, 0) is 16.2 Å². The molecule has 1 N–H and O–H groups in total. The third-order valence-electron chi connectivity index (χ3n) is 7.20. The van der Waals surface area contributed by atoms with E-state index < -0.39 is 0 Å². The standard InChI is InChI=1S/C32H42O/c1-29(2,3)22-30(4,5)25-20-26(31(6,7)23-16-12-10-13-17-23)28(33)27(21-25)32(8,9)24-18-14-11-15-19-24/h10-21,33H,22H2,1-9H3. The molecule has 33 heavy (non-hydrogen) atoms. The van der Waals surface area contributed by atoms with Crippen LogP contribution in [-0.4, -0.2) is 5.11 Å². The number of phenolic OH excluding ortho intramolecular Hbond substituents is 1. The molecule has 0 aliphatic carbocycles. The van der Waals surface area contributed by atoms with Gasteiger partial charge in [0.25, 0.3) is 0 Å². The summed E-state index contributed by atoms with van der Waals surface area (Å²) < 4.78 is 0. The van der Waals surface area contributed by atoms with Crippen molar-refractivity contribution in [3.05, 3.63) is 101 Å². The summed E-state index contributed by atoms with van der Waals surface area (Å²) in [4.78, 5) is 0. The first-order valence-electron chi connectivity index (χ1n) is 12.2. The Kier molecular flexibility index (Phi) is 6.59. The van der Waals surface area contributed by atoms with E-state index in [9.17, 15) is 5.11 Å². The first-order chi connectivity index (χ1) is 15.2. The molecule has 0 heterocycles. The molecule has 0 saturated carbocycles. The molecule has 0 atom stereocenters. The van der Waals surface area contributed by atoms with E-state index in [2.05, 4.69) is 123 Å². The van der Waals surface area contributed by atoms with E-state index in [0.717, 1.165) is 17.5 Å². The fourth-order valence-corrected chi connectivity index (χ4v) is 5.43. The van der Waals surface area contributed by atoms with Gasteiger partial charge >= 0.3 is 0 Å². The van der Waals surface area contributed by atoms with Gasteiger partial charge in [-0.1, -0.05) is 135 Å². The summed E-state index contributed by atoms with van der Waals surface area (Å²) in [5, 5.41) is 11.8. The minimum absolute atomic E-state index is 0.0328. The number of hydrogen-bond donors (Lipinski definition) is 1. The molecule has 3 aromatic rings. The summed E-state index contributed by atoms with van der Waals surface area (Å²) in [7, 11) is 0. The first-order valence-corrected chi connectivity index (χ1v) is 12.2. The highest BCUT2D eigenvalue weighted by Gasteiger charge is 2.36. The van der Waals surface area contributed by atoms with Crippen LogP contribution in [0.5, 0.6) is 5.75 Å². The SMILES string of the molecule is CC(C)(C)CC(C)(C)c1cc(C(C)(C)c2ccccc2)c(O)c(C(C)(C)c2ccccc2)c1. The maximum absolute atomic E-state index is 11.8. The molecule has 1 nitrogen and oxygen atoms in total. The Bertz CT molecular complexity index is 1010. The molecule has 0 bridgehead atoms. The van der Waals surface area contributed by atoms with E-state index >= 15 is 0 Å². The quantitative estimate of drug-likeness (QED) is 0.404. The summed E-state index contributed by atoms with van der Waals surface area (Å²) in [5.41, 5.74) is 5.18. The zero-order valence-electron chi connectivity index (χ0n) is 22.1. The maximum atomic E-state index is 11.8. The first kappa shape index (κ1) is 25.1. The number of rotatable bonds is 6. The highest BCUT2D eigenvalue weighted by atomic mass is 16.3. The number of hydrogen-bond acceptors (Lipinski definition) is 1. The minimum atomic E-state index is -0.333. The van der Waals surface area contributed by atoms with Crippen molar-refractivity contribution in [2.75, 3.05) is 0 Å². The molecular formula is C32H42O. The lowest BCUT2D eigenvalue weighted by Gasteiger charge is -2.38. The largest absolute Gasteiger partial charge is 0.507 e. The molecule has 0 amide bonds. The summed E-state index contributed by atoms with van der Waals surface area (Å²) in [5.74, 6) is 0.410. The molecule has 0 spiro atoms. The number of benzene rings is 3. The summed E-state index contributed by atoms with van der Waals surface area (Å²) in [6.07, 6.45) is 1.06. The van der Waals surface area contributed by atoms with Crippen molar-refractivity contribution in [3.8, 4) is 5.75 Å². The lowest BCUT2D eigenvalue weighted by atomic mass is 9.67. The smallest absolute Gasteiger partial charge is 0.123 e. The fourth-order valence-electron chi connectivity index (χ4n) is 5.43. The second kappa shape index (κ2) is 8.67. The molecule has 0 radical (unpaired) electrons. The van der Waals surface area contributed by atoms with Crippen molar-refractivity contribution >= 4 is 0 Å². The molecule has 0 saturated heterocycles. The van der Waals surface area contributed by atoms with Crippen molar-refractivity contribution in [1.29, 1.82) is 0 Å². The summed E-state index contributed by atoms with van der Waals surface area (Å²) in [6.45, 7) is 20.5. The molecule has 0 unspecified atom stereocenters. The Labute approximate surface area is 201 Å². The second-order valence-corrected chi connectivity index (χ2v) is 12.5. The van der Waals surface area contributed by atoms with E-state index in [1.165, 1.54) is 16.7 Å². The molecule has 1 heteroatoms. The van der Waals surface area contributed by atoms with Gasteiger partial charge < -0.3 is 5.11 Å². The molecule has 176 valence electrons. The van der Waals surface area contributed by atoms with Crippen LogP contribution in [0.1, 0.15) is 96.6 Å². The van der Waals surface area contributed by atoms with E-state index in [1.54, 1.807) is 0 Å². The van der Waals surface area contributed by atoms with Crippen molar-refractivity contribution in [2.24, 2.45) is 5.41 Å². The van der Waals surface area contributed by atoms with Crippen LogP contribution >= 0.6 is 0 Å². The van der Waals surface area contributed by atoms with Crippen molar-refractivity contribution < 1.29 is 5.11 Å². The second-order valence-electron chi connectivity index (χ2n) is 12.5. The van der Waals surface area contributed by atoms with Gasteiger partial charge in [0.05, 0.1) is 0 Å². The van der Waals surface area contributed by atoms with Crippen LogP contribution < -0.4 is 0 Å². The Morgan fingerprint density at radius 3 is 1.24 bits per heavy atom. The van der Waals surface area contributed by atoms with Crippen LogP contribution in [0.15, 0.2) is 72.8 Å². The average Bonchev–Trinajstić information content (AvgIpc) is 2.73. The van der Waals surface area contributed by atoms with Gasteiger partial charge in [-0.05, 0) is 33.9 Å². The van der Waals surface area contributed by atoms with Crippen LogP contribution in [0.2, 0.25) is 0 Å². The summed E-state index contributed by atoms with van der Waals surface area (Å²) in [6, 6.07) is 25.6. The lowest BCUT2D eigenvalue weighted by Crippen LogP contribution is -2.29. The molecule has 3 rings (SSSR count). The van der Waals surface area contributed by atoms with Gasteiger partial charge in [-0.25, -0.2) is 0 Å². The predicted molar refractivity (Wildman–Crippen MR) is 142 cm³/mol. The monoisotopic (exact) mass is 442 g/mol. The Morgan fingerprint density at radius 1 is 0.545 bits per heavy atom. The van der Waals surface area contributed by atoms with Crippen LogP contribution in [0, 0.1) is 5.41 Å². The Morgan fingerprint density at radius 2 is 0.909 bits per heavy atom. The average molecular weight is 443 g/mol. The van der Waals surface area contributed by atoms with Gasteiger partial charge in [0, 0.05) is 22.0 Å². The van der Waals surface area contributed by atoms with Crippen LogP contribution in [0.3, 0.4) is 0 Å². The Balaban J connectivity index is 2.31. The highest BCUT2D eigenvalue weighted by molar-refractivity contribution is 5.57. The Hall–Kier alpha value is -2.54. The predicted octanol–water partition coefficient (Wildman–Crippen LogP) is 8.76. The van der Waals surface area contributed by atoms with Crippen LogP contribution in [0.25, 0.3) is 0 Å². The van der Waals surface area contributed by atoms with Crippen LogP contribution in [0.4, 0.5) is 0 Å². The molecule has 0 aliphatic heterocycles. The number of phenols is 1. The molecule has 0 fully saturated rings. The molecule has 3 aromatic carbocycles.